The normalized spacial score (nSPS) is 16.8. The van der Waals surface area contributed by atoms with E-state index in [2.05, 4.69) is 57.2 Å². The van der Waals surface area contributed by atoms with Gasteiger partial charge in [-0.15, -0.1) is 0 Å². The first-order chi connectivity index (χ1) is 26.5. The summed E-state index contributed by atoms with van der Waals surface area (Å²) in [5, 5.41) is 9.60. The third kappa shape index (κ3) is 33.4. The second-order valence-electron chi connectivity index (χ2n) is 16.1. The van der Waals surface area contributed by atoms with Crippen LogP contribution in [0.15, 0.2) is 36.5 Å². The van der Waals surface area contributed by atoms with Gasteiger partial charge >= 0.3 is 11.9 Å². The molecule has 0 aromatic carbocycles. The number of allylic oxidation sites excluding steroid dienone is 4. The first kappa shape index (κ1) is 50.1. The van der Waals surface area contributed by atoms with Crippen LogP contribution >= 0.6 is 0 Å². The Hall–Kier alpha value is -1.92. The molecular weight excluding hydrogens is 673 g/mol. The van der Waals surface area contributed by atoms with Gasteiger partial charge in [0.05, 0.1) is 18.8 Å². The van der Waals surface area contributed by atoms with E-state index in [-0.39, 0.29) is 31.6 Å². The van der Waals surface area contributed by atoms with Gasteiger partial charge in [0.25, 0.3) is 0 Å². The topological polar surface area (TPSA) is 85.4 Å². The standard InChI is InChI=1S/C48H86O6/c1-4-6-7-8-9-20-24-27-32-37-45-46(54-45)38-33-29-30-35-40-48(51)53-44(41-49)42-52-47(50)39-34-28-25-22-19-17-15-13-11-10-12-14-16-18-21-23-26-31-36-43(3)5-2/h9,20,27,29,32-33,43-46,49H,4-8,10-19,21-26,28,30-31,34-42H2,1-3H3/b20-9-,32-27-,33-29-/t43?,44-,45?,46?/m0/s1. The molecule has 0 aliphatic carbocycles. The number of carbonyl (C=O) groups excluding carboxylic acids is 2. The van der Waals surface area contributed by atoms with E-state index in [0.717, 1.165) is 50.9 Å². The van der Waals surface area contributed by atoms with Gasteiger partial charge in [0.2, 0.25) is 0 Å². The molecule has 0 bridgehead atoms. The van der Waals surface area contributed by atoms with Crippen LogP contribution in [0.25, 0.3) is 0 Å². The molecule has 3 unspecified atom stereocenters. The average molecular weight is 759 g/mol. The van der Waals surface area contributed by atoms with Gasteiger partial charge in [0, 0.05) is 12.8 Å². The predicted octanol–water partition coefficient (Wildman–Crippen LogP) is 13.6. The number of esters is 2. The number of carbonyl (C=O) groups is 2. The molecule has 0 saturated carbocycles. The molecule has 4 atom stereocenters. The van der Waals surface area contributed by atoms with Crippen LogP contribution in [0, 0.1) is 5.92 Å². The minimum absolute atomic E-state index is 0.0901. The first-order valence-corrected chi connectivity index (χ1v) is 23.1. The number of epoxide rings is 1. The lowest BCUT2D eigenvalue weighted by Crippen LogP contribution is -2.28. The highest BCUT2D eigenvalue weighted by atomic mass is 16.6. The van der Waals surface area contributed by atoms with Gasteiger partial charge < -0.3 is 19.3 Å². The maximum Gasteiger partial charge on any atom is 0.306 e. The Balaban J connectivity index is 1.87. The number of unbranched alkanes of at least 4 members (excludes halogenated alkanes) is 21. The van der Waals surface area contributed by atoms with Crippen molar-refractivity contribution in [3.63, 3.8) is 0 Å². The van der Waals surface area contributed by atoms with Gasteiger partial charge in [-0.05, 0) is 57.3 Å². The maximum absolute atomic E-state index is 12.2. The summed E-state index contributed by atoms with van der Waals surface area (Å²) in [6, 6.07) is 0. The number of aliphatic hydroxyl groups is 1. The third-order valence-electron chi connectivity index (χ3n) is 10.9. The zero-order valence-corrected chi connectivity index (χ0v) is 35.6. The van der Waals surface area contributed by atoms with E-state index in [4.69, 9.17) is 14.2 Å². The molecule has 6 heteroatoms. The summed E-state index contributed by atoms with van der Waals surface area (Å²) in [6.07, 6.45) is 49.6. The molecule has 1 aliphatic rings. The summed E-state index contributed by atoms with van der Waals surface area (Å²) in [7, 11) is 0. The SMILES string of the molecule is CCCCC/C=C\C/C=C\CC1OC1C/C=C\CCCC(=O)O[C@@H](CO)COC(=O)CCCCCCCCCCCCCCCCCCCCC(C)CC. The van der Waals surface area contributed by atoms with E-state index < -0.39 is 6.10 Å². The molecule has 0 aromatic heterocycles. The molecular formula is C48H86O6. The van der Waals surface area contributed by atoms with Crippen molar-refractivity contribution in [3.05, 3.63) is 36.5 Å². The minimum atomic E-state index is -0.805. The number of rotatable bonds is 40. The van der Waals surface area contributed by atoms with Crippen LogP contribution in [-0.2, 0) is 23.8 Å². The van der Waals surface area contributed by atoms with Crippen LogP contribution in [0.1, 0.15) is 220 Å². The van der Waals surface area contributed by atoms with Crippen molar-refractivity contribution < 1.29 is 28.9 Å². The van der Waals surface area contributed by atoms with Gasteiger partial charge in [0.1, 0.15) is 6.61 Å². The second-order valence-corrected chi connectivity index (χ2v) is 16.1. The Bertz CT molecular complexity index is 941. The van der Waals surface area contributed by atoms with Crippen molar-refractivity contribution in [2.75, 3.05) is 13.2 Å². The number of ether oxygens (including phenoxy) is 3. The molecule has 0 radical (unpaired) electrons. The summed E-state index contributed by atoms with van der Waals surface area (Å²) < 4.78 is 16.4. The van der Waals surface area contributed by atoms with Crippen molar-refractivity contribution in [1.29, 1.82) is 0 Å². The van der Waals surface area contributed by atoms with Crippen LogP contribution in [0.2, 0.25) is 0 Å². The molecule has 1 N–H and O–H groups in total. The number of aliphatic hydroxyl groups excluding tert-OH is 1. The second kappa shape index (κ2) is 38.0. The van der Waals surface area contributed by atoms with Crippen molar-refractivity contribution in [3.8, 4) is 0 Å². The lowest BCUT2D eigenvalue weighted by Gasteiger charge is -2.15. The molecule has 0 spiro atoms. The minimum Gasteiger partial charge on any atom is -0.462 e. The summed E-state index contributed by atoms with van der Waals surface area (Å²) in [6.45, 7) is 6.47. The zero-order valence-electron chi connectivity index (χ0n) is 35.6. The van der Waals surface area contributed by atoms with Gasteiger partial charge in [-0.3, -0.25) is 9.59 Å². The lowest BCUT2D eigenvalue weighted by atomic mass is 9.99. The summed E-state index contributed by atoms with van der Waals surface area (Å²) in [5.74, 6) is 0.255. The molecule has 1 fully saturated rings. The third-order valence-corrected chi connectivity index (χ3v) is 10.9. The molecule has 1 heterocycles. The van der Waals surface area contributed by atoms with E-state index in [9.17, 15) is 14.7 Å². The van der Waals surface area contributed by atoms with E-state index in [1.165, 1.54) is 135 Å². The quantitative estimate of drug-likeness (QED) is 0.0290. The Morgan fingerprint density at radius 1 is 0.593 bits per heavy atom. The molecule has 314 valence electrons. The predicted molar refractivity (Wildman–Crippen MR) is 228 cm³/mol. The number of hydrogen-bond acceptors (Lipinski definition) is 6. The van der Waals surface area contributed by atoms with Crippen LogP contribution in [-0.4, -0.2) is 48.6 Å². The van der Waals surface area contributed by atoms with E-state index in [1.807, 2.05) is 0 Å². The van der Waals surface area contributed by atoms with Gasteiger partial charge in [-0.25, -0.2) is 0 Å². The fraction of sp³-hybridized carbons (Fsp3) is 0.833. The molecule has 6 nitrogen and oxygen atoms in total. The van der Waals surface area contributed by atoms with Crippen LogP contribution in [0.3, 0.4) is 0 Å². The molecule has 54 heavy (non-hydrogen) atoms. The van der Waals surface area contributed by atoms with Crippen molar-refractivity contribution in [1.82, 2.24) is 0 Å². The van der Waals surface area contributed by atoms with Crippen LogP contribution in [0.4, 0.5) is 0 Å². The van der Waals surface area contributed by atoms with Crippen LogP contribution < -0.4 is 0 Å². The van der Waals surface area contributed by atoms with Gasteiger partial charge in [0.15, 0.2) is 6.10 Å². The summed E-state index contributed by atoms with van der Waals surface area (Å²) >= 11 is 0. The lowest BCUT2D eigenvalue weighted by molar-refractivity contribution is -0.161. The van der Waals surface area contributed by atoms with E-state index >= 15 is 0 Å². The smallest absolute Gasteiger partial charge is 0.306 e. The first-order valence-electron chi connectivity index (χ1n) is 23.1. The Kier molecular flexibility index (Phi) is 35.2. The molecule has 0 amide bonds. The zero-order chi connectivity index (χ0) is 39.2. The molecule has 1 rings (SSSR count). The summed E-state index contributed by atoms with van der Waals surface area (Å²) in [4.78, 5) is 24.4. The Labute approximate surface area is 333 Å². The highest BCUT2D eigenvalue weighted by Crippen LogP contribution is 2.29. The Morgan fingerprint density at radius 2 is 1.07 bits per heavy atom. The molecule has 1 saturated heterocycles. The maximum atomic E-state index is 12.2. The van der Waals surface area contributed by atoms with E-state index in [0.29, 0.717) is 25.0 Å². The monoisotopic (exact) mass is 759 g/mol. The van der Waals surface area contributed by atoms with Gasteiger partial charge in [-0.1, -0.05) is 192 Å². The van der Waals surface area contributed by atoms with Crippen molar-refractivity contribution in [2.24, 2.45) is 5.92 Å². The van der Waals surface area contributed by atoms with Gasteiger partial charge in [-0.2, -0.15) is 0 Å². The Morgan fingerprint density at radius 3 is 1.63 bits per heavy atom. The molecule has 1 aliphatic heterocycles. The molecule has 0 aromatic rings. The van der Waals surface area contributed by atoms with Crippen LogP contribution in [0.5, 0.6) is 0 Å². The van der Waals surface area contributed by atoms with Crippen molar-refractivity contribution >= 4 is 11.9 Å². The number of hydrogen-bond donors (Lipinski definition) is 1. The fourth-order valence-electron chi connectivity index (χ4n) is 6.86. The largest absolute Gasteiger partial charge is 0.462 e. The van der Waals surface area contributed by atoms with Crippen molar-refractivity contribution in [2.45, 2.75) is 238 Å². The van der Waals surface area contributed by atoms with E-state index in [1.54, 1.807) is 0 Å². The summed E-state index contributed by atoms with van der Waals surface area (Å²) in [5.41, 5.74) is 0. The fourth-order valence-corrected chi connectivity index (χ4v) is 6.86. The average Bonchev–Trinajstić information content (AvgIpc) is 3.93. The highest BCUT2D eigenvalue weighted by Gasteiger charge is 2.36. The highest BCUT2D eigenvalue weighted by molar-refractivity contribution is 5.70.